The van der Waals surface area contributed by atoms with E-state index in [9.17, 15) is 0 Å². The lowest BCUT2D eigenvalue weighted by atomic mass is 10.1. The standard InChI is InChI=1S/C48H34N4Si/c1-53(2)42-24-14-11-21-37(42)46-47(53)45(31-15-5-3-6-16-31)49-48(50-46)32-25-27-34(28-26-32)52-39-23-13-10-20-36(39)44-41(52)30-29-40-43(44)35-19-9-12-22-38(35)51(40)33-17-7-4-8-18-33/h3-30H,1-2H3. The summed E-state index contributed by atoms with van der Waals surface area (Å²) in [6.07, 6.45) is 0. The van der Waals surface area contributed by atoms with Gasteiger partial charge in [-0.25, -0.2) is 9.97 Å². The van der Waals surface area contributed by atoms with Gasteiger partial charge in [-0.15, -0.1) is 0 Å². The Kier molecular flexibility index (Phi) is 6.37. The number of para-hydroxylation sites is 3. The molecule has 0 N–H and O–H groups in total. The normalized spacial score (nSPS) is 13.2. The van der Waals surface area contributed by atoms with E-state index in [0.29, 0.717) is 0 Å². The Labute approximate surface area is 308 Å². The molecular weight excluding hydrogens is 661 g/mol. The maximum atomic E-state index is 5.36. The zero-order chi connectivity index (χ0) is 35.3. The van der Waals surface area contributed by atoms with Crippen LogP contribution in [-0.4, -0.2) is 27.2 Å². The molecule has 4 heterocycles. The van der Waals surface area contributed by atoms with Gasteiger partial charge in [0, 0.05) is 44.0 Å². The molecule has 3 aromatic heterocycles. The van der Waals surface area contributed by atoms with E-state index in [0.717, 1.165) is 39.7 Å². The lowest BCUT2D eigenvalue weighted by Crippen LogP contribution is -2.50. The van der Waals surface area contributed by atoms with E-state index in [-0.39, 0.29) is 0 Å². The van der Waals surface area contributed by atoms with Crippen LogP contribution in [0.5, 0.6) is 0 Å². The van der Waals surface area contributed by atoms with Gasteiger partial charge in [0.05, 0.1) is 33.5 Å². The molecule has 0 spiro atoms. The van der Waals surface area contributed by atoms with E-state index < -0.39 is 8.07 Å². The average molecular weight is 695 g/mol. The van der Waals surface area contributed by atoms with Gasteiger partial charge in [-0.3, -0.25) is 0 Å². The zero-order valence-corrected chi connectivity index (χ0v) is 30.5. The lowest BCUT2D eigenvalue weighted by molar-refractivity contribution is 1.17. The Morgan fingerprint density at radius 3 is 1.57 bits per heavy atom. The van der Waals surface area contributed by atoms with Crippen molar-refractivity contribution in [3.8, 4) is 45.3 Å². The molecule has 7 aromatic carbocycles. The van der Waals surface area contributed by atoms with Crippen LogP contribution in [0.25, 0.3) is 88.9 Å². The first-order chi connectivity index (χ1) is 26.1. The van der Waals surface area contributed by atoms with Gasteiger partial charge in [0.25, 0.3) is 0 Å². The molecule has 0 saturated carbocycles. The number of aromatic nitrogens is 4. The first-order valence-corrected chi connectivity index (χ1v) is 21.3. The average Bonchev–Trinajstić information content (AvgIpc) is 3.81. The molecule has 53 heavy (non-hydrogen) atoms. The summed E-state index contributed by atoms with van der Waals surface area (Å²) in [5.41, 5.74) is 12.6. The van der Waals surface area contributed by atoms with E-state index in [1.54, 1.807) is 0 Å². The highest BCUT2D eigenvalue weighted by Crippen LogP contribution is 2.42. The first kappa shape index (κ1) is 30.1. The van der Waals surface area contributed by atoms with Gasteiger partial charge in [0.15, 0.2) is 5.82 Å². The molecule has 0 radical (unpaired) electrons. The fourth-order valence-corrected chi connectivity index (χ4v) is 12.2. The van der Waals surface area contributed by atoms with Crippen molar-refractivity contribution in [2.75, 3.05) is 0 Å². The van der Waals surface area contributed by atoms with E-state index in [1.165, 1.54) is 59.5 Å². The molecule has 1 aliphatic rings. The van der Waals surface area contributed by atoms with Crippen molar-refractivity contribution < 1.29 is 0 Å². The van der Waals surface area contributed by atoms with Gasteiger partial charge in [0.2, 0.25) is 0 Å². The maximum absolute atomic E-state index is 5.36. The summed E-state index contributed by atoms with van der Waals surface area (Å²) >= 11 is 0. The molecule has 250 valence electrons. The molecule has 11 rings (SSSR count). The highest BCUT2D eigenvalue weighted by atomic mass is 28.3. The third-order valence-electron chi connectivity index (χ3n) is 11.3. The second kappa shape index (κ2) is 11.2. The van der Waals surface area contributed by atoms with Crippen molar-refractivity contribution in [1.29, 1.82) is 0 Å². The lowest BCUT2D eigenvalue weighted by Gasteiger charge is -2.21. The SMILES string of the molecule is C[Si]1(C)c2ccccc2-c2nc(-c3ccc(-n4c5ccccc5c5c6c7ccccc7n(-c7ccccc7)c6ccc54)cc3)nc(-c3ccccc3)c21. The number of rotatable bonds is 4. The van der Waals surface area contributed by atoms with Crippen molar-refractivity contribution in [2.45, 2.75) is 13.1 Å². The predicted octanol–water partition coefficient (Wildman–Crippen LogP) is 10.8. The van der Waals surface area contributed by atoms with Crippen molar-refractivity contribution in [3.63, 3.8) is 0 Å². The van der Waals surface area contributed by atoms with Gasteiger partial charge in [0.1, 0.15) is 8.07 Å². The van der Waals surface area contributed by atoms with Crippen LogP contribution in [0.1, 0.15) is 0 Å². The summed E-state index contributed by atoms with van der Waals surface area (Å²) in [7, 11) is -2.01. The fraction of sp³-hybridized carbons (Fsp3) is 0.0417. The minimum absolute atomic E-state index is 0.758. The number of hydrogen-bond donors (Lipinski definition) is 0. The Balaban J connectivity index is 1.11. The maximum Gasteiger partial charge on any atom is 0.160 e. The van der Waals surface area contributed by atoms with Gasteiger partial charge in [-0.1, -0.05) is 122 Å². The van der Waals surface area contributed by atoms with Crippen LogP contribution in [0.2, 0.25) is 13.1 Å². The summed E-state index contributed by atoms with van der Waals surface area (Å²) in [6.45, 7) is 4.86. The first-order valence-electron chi connectivity index (χ1n) is 18.3. The quantitative estimate of drug-likeness (QED) is 0.172. The summed E-state index contributed by atoms with van der Waals surface area (Å²) in [5.74, 6) is 0.758. The smallest absolute Gasteiger partial charge is 0.160 e. The Bertz CT molecular complexity index is 3070. The molecule has 0 unspecified atom stereocenters. The van der Waals surface area contributed by atoms with Crippen LogP contribution >= 0.6 is 0 Å². The second-order valence-corrected chi connectivity index (χ2v) is 18.9. The van der Waals surface area contributed by atoms with E-state index in [1.807, 2.05) is 0 Å². The van der Waals surface area contributed by atoms with Gasteiger partial charge in [-0.2, -0.15) is 0 Å². The third-order valence-corrected chi connectivity index (χ3v) is 14.8. The zero-order valence-electron chi connectivity index (χ0n) is 29.5. The number of nitrogens with zero attached hydrogens (tertiary/aromatic N) is 4. The molecular formula is C48H34N4Si. The topological polar surface area (TPSA) is 35.6 Å². The Morgan fingerprint density at radius 2 is 0.925 bits per heavy atom. The third kappa shape index (κ3) is 4.29. The number of fused-ring (bicyclic) bond motifs is 10. The van der Waals surface area contributed by atoms with Gasteiger partial charge >= 0.3 is 0 Å². The van der Waals surface area contributed by atoms with E-state index >= 15 is 0 Å². The van der Waals surface area contributed by atoms with Crippen molar-refractivity contribution >= 4 is 62.1 Å². The van der Waals surface area contributed by atoms with Crippen LogP contribution in [0, 0.1) is 0 Å². The number of hydrogen-bond acceptors (Lipinski definition) is 2. The molecule has 0 atom stereocenters. The molecule has 0 fully saturated rings. The fourth-order valence-electron chi connectivity index (χ4n) is 8.96. The molecule has 0 aliphatic carbocycles. The molecule has 10 aromatic rings. The summed E-state index contributed by atoms with van der Waals surface area (Å²) in [4.78, 5) is 10.7. The monoisotopic (exact) mass is 694 g/mol. The summed E-state index contributed by atoms with van der Waals surface area (Å²) in [5, 5.41) is 7.81. The minimum Gasteiger partial charge on any atom is -0.309 e. The van der Waals surface area contributed by atoms with Crippen molar-refractivity contribution in [2.24, 2.45) is 0 Å². The molecule has 0 bridgehead atoms. The van der Waals surface area contributed by atoms with Crippen LogP contribution in [-0.2, 0) is 0 Å². The van der Waals surface area contributed by atoms with Crippen LogP contribution in [0.15, 0.2) is 170 Å². The highest BCUT2D eigenvalue weighted by molar-refractivity contribution is 7.04. The molecule has 0 saturated heterocycles. The summed E-state index contributed by atoms with van der Waals surface area (Å²) < 4.78 is 4.80. The highest BCUT2D eigenvalue weighted by Gasteiger charge is 2.41. The molecule has 4 nitrogen and oxygen atoms in total. The molecule has 1 aliphatic heterocycles. The second-order valence-electron chi connectivity index (χ2n) is 14.6. The number of benzene rings is 7. The molecule has 0 amide bonds. The van der Waals surface area contributed by atoms with Crippen LogP contribution in [0.4, 0.5) is 0 Å². The van der Waals surface area contributed by atoms with Crippen molar-refractivity contribution in [3.05, 3.63) is 170 Å². The Morgan fingerprint density at radius 1 is 0.415 bits per heavy atom. The van der Waals surface area contributed by atoms with Crippen LogP contribution in [0.3, 0.4) is 0 Å². The van der Waals surface area contributed by atoms with E-state index in [2.05, 4.69) is 192 Å². The Hall–Kier alpha value is -6.56. The molecule has 5 heteroatoms. The van der Waals surface area contributed by atoms with Crippen molar-refractivity contribution in [1.82, 2.24) is 19.1 Å². The van der Waals surface area contributed by atoms with Crippen LogP contribution < -0.4 is 10.4 Å². The minimum atomic E-state index is -2.01. The summed E-state index contributed by atoms with van der Waals surface area (Å²) in [6, 6.07) is 61.2. The van der Waals surface area contributed by atoms with Gasteiger partial charge in [-0.05, 0) is 76.6 Å². The predicted molar refractivity (Wildman–Crippen MR) is 224 cm³/mol. The van der Waals surface area contributed by atoms with Gasteiger partial charge < -0.3 is 9.13 Å². The largest absolute Gasteiger partial charge is 0.309 e. The van der Waals surface area contributed by atoms with E-state index in [4.69, 9.17) is 9.97 Å².